The Bertz CT molecular complexity index is 959. The summed E-state index contributed by atoms with van der Waals surface area (Å²) >= 11 is 0. The molecule has 1 heterocycles. The lowest BCUT2D eigenvalue weighted by atomic mass is 9.78. The van der Waals surface area contributed by atoms with Crippen molar-refractivity contribution >= 4 is 23.0 Å². The molecular weight excluding hydrogens is 428 g/mol. The molecule has 0 bridgehead atoms. The molecule has 1 aromatic heterocycles. The number of aromatic nitrogens is 2. The van der Waals surface area contributed by atoms with Gasteiger partial charge >= 0.3 is 0 Å². The van der Waals surface area contributed by atoms with Gasteiger partial charge in [-0.2, -0.15) is 0 Å². The second kappa shape index (κ2) is 11.7. The van der Waals surface area contributed by atoms with Gasteiger partial charge in [0.2, 0.25) is 0 Å². The van der Waals surface area contributed by atoms with Crippen LogP contribution in [0, 0.1) is 24.7 Å². The molecule has 2 aliphatic carbocycles. The SMILES string of the molecule is CC1=CC(C)C(Nc2ncnc(C)c2N=C(C)C(=O)C2CCC(CCO)CC2)C(OC(C)C)=C1. The lowest BCUT2D eigenvalue weighted by Gasteiger charge is -2.31. The largest absolute Gasteiger partial charge is 0.493 e. The van der Waals surface area contributed by atoms with Gasteiger partial charge in [-0.1, -0.05) is 18.6 Å². The van der Waals surface area contributed by atoms with Gasteiger partial charge in [-0.05, 0) is 78.7 Å². The van der Waals surface area contributed by atoms with Crippen LogP contribution in [-0.2, 0) is 9.53 Å². The molecule has 7 heteroatoms. The van der Waals surface area contributed by atoms with Crippen LogP contribution in [0.15, 0.2) is 34.8 Å². The molecule has 1 aromatic rings. The predicted molar refractivity (Wildman–Crippen MR) is 136 cm³/mol. The highest BCUT2D eigenvalue weighted by atomic mass is 16.5. The van der Waals surface area contributed by atoms with E-state index in [4.69, 9.17) is 9.73 Å². The highest BCUT2D eigenvalue weighted by Crippen LogP contribution is 2.34. The van der Waals surface area contributed by atoms with Gasteiger partial charge in [-0.25, -0.2) is 15.0 Å². The number of aliphatic hydroxyl groups is 1. The molecule has 1 fully saturated rings. The highest BCUT2D eigenvalue weighted by molar-refractivity contribution is 6.40. The Morgan fingerprint density at radius 1 is 1.24 bits per heavy atom. The van der Waals surface area contributed by atoms with Gasteiger partial charge in [-0.15, -0.1) is 0 Å². The molecule has 0 spiro atoms. The van der Waals surface area contributed by atoms with Crippen LogP contribution in [0.5, 0.6) is 0 Å². The quantitative estimate of drug-likeness (QED) is 0.476. The fourth-order valence-corrected chi connectivity index (χ4v) is 4.98. The lowest BCUT2D eigenvalue weighted by Crippen LogP contribution is -2.33. The van der Waals surface area contributed by atoms with E-state index in [0.717, 1.165) is 43.6 Å². The number of hydrogen-bond acceptors (Lipinski definition) is 7. The van der Waals surface area contributed by atoms with Crippen molar-refractivity contribution in [3.8, 4) is 0 Å². The van der Waals surface area contributed by atoms with Crippen molar-refractivity contribution in [1.82, 2.24) is 9.97 Å². The van der Waals surface area contributed by atoms with Crippen LogP contribution >= 0.6 is 0 Å². The number of aliphatic imine (C=N–C) groups is 1. The maximum atomic E-state index is 13.2. The van der Waals surface area contributed by atoms with Crippen LogP contribution in [0.25, 0.3) is 0 Å². The Morgan fingerprint density at radius 2 is 1.94 bits per heavy atom. The molecule has 2 unspecified atom stereocenters. The summed E-state index contributed by atoms with van der Waals surface area (Å²) < 4.78 is 6.12. The van der Waals surface area contributed by atoms with Gasteiger partial charge in [0.1, 0.15) is 17.8 Å². The summed E-state index contributed by atoms with van der Waals surface area (Å²) in [5.41, 5.74) is 2.99. The minimum Gasteiger partial charge on any atom is -0.493 e. The van der Waals surface area contributed by atoms with Gasteiger partial charge in [0.15, 0.2) is 11.6 Å². The molecule has 3 rings (SSSR count). The average Bonchev–Trinajstić information content (AvgIpc) is 2.78. The third kappa shape index (κ3) is 6.53. The summed E-state index contributed by atoms with van der Waals surface area (Å²) in [6.07, 6.45) is 10.4. The number of ketones is 1. The number of aryl methyl sites for hydroxylation is 1. The van der Waals surface area contributed by atoms with E-state index < -0.39 is 0 Å². The molecule has 2 aliphatic rings. The third-order valence-electron chi connectivity index (χ3n) is 6.79. The first-order valence-corrected chi connectivity index (χ1v) is 12.5. The Hall–Kier alpha value is -2.54. The monoisotopic (exact) mass is 468 g/mol. The number of hydrogen-bond donors (Lipinski definition) is 2. The summed E-state index contributed by atoms with van der Waals surface area (Å²) in [7, 11) is 0. The fraction of sp³-hybridized carbons (Fsp3) is 0.630. The Labute approximate surface area is 203 Å². The molecule has 7 nitrogen and oxygen atoms in total. The summed E-state index contributed by atoms with van der Waals surface area (Å²) in [6.45, 7) is 12.2. The van der Waals surface area contributed by atoms with Crippen LogP contribution in [0.1, 0.15) is 72.4 Å². The number of carbonyl (C=O) groups excluding carboxylic acids is 1. The molecule has 0 aromatic carbocycles. The van der Waals surface area contributed by atoms with Crippen LogP contribution in [-0.4, -0.2) is 45.3 Å². The zero-order valence-electron chi connectivity index (χ0n) is 21.5. The number of aliphatic hydroxyl groups excluding tert-OH is 1. The smallest absolute Gasteiger partial charge is 0.179 e. The third-order valence-corrected chi connectivity index (χ3v) is 6.79. The Kier molecular flexibility index (Phi) is 9.00. The van der Waals surface area contributed by atoms with Crippen molar-refractivity contribution in [2.45, 2.75) is 85.8 Å². The molecule has 0 amide bonds. The van der Waals surface area contributed by atoms with Gasteiger partial charge < -0.3 is 15.2 Å². The normalized spacial score (nSPS) is 25.6. The highest BCUT2D eigenvalue weighted by Gasteiger charge is 2.29. The van der Waals surface area contributed by atoms with Crippen LogP contribution in [0.4, 0.5) is 11.5 Å². The van der Waals surface area contributed by atoms with Crippen LogP contribution in [0.2, 0.25) is 0 Å². The van der Waals surface area contributed by atoms with Crippen molar-refractivity contribution in [1.29, 1.82) is 0 Å². The molecule has 0 radical (unpaired) electrons. The van der Waals surface area contributed by atoms with E-state index in [1.165, 1.54) is 11.9 Å². The molecule has 2 atom stereocenters. The van der Waals surface area contributed by atoms with E-state index in [9.17, 15) is 9.90 Å². The van der Waals surface area contributed by atoms with Crippen LogP contribution in [0.3, 0.4) is 0 Å². The van der Waals surface area contributed by atoms with E-state index in [0.29, 0.717) is 23.1 Å². The molecule has 2 N–H and O–H groups in total. The van der Waals surface area contributed by atoms with E-state index in [-0.39, 0.29) is 36.4 Å². The van der Waals surface area contributed by atoms with Crippen LogP contribution < -0.4 is 5.32 Å². The van der Waals surface area contributed by atoms with Crippen molar-refractivity contribution < 1.29 is 14.6 Å². The fourth-order valence-electron chi connectivity index (χ4n) is 4.98. The van der Waals surface area contributed by atoms with Gasteiger partial charge in [-0.3, -0.25) is 4.79 Å². The first-order valence-electron chi connectivity index (χ1n) is 12.5. The summed E-state index contributed by atoms with van der Waals surface area (Å²) in [5.74, 6) is 2.31. The topological polar surface area (TPSA) is 96.7 Å². The molecule has 186 valence electrons. The van der Waals surface area contributed by atoms with E-state index >= 15 is 0 Å². The predicted octanol–water partition coefficient (Wildman–Crippen LogP) is 5.32. The summed E-state index contributed by atoms with van der Waals surface area (Å²) in [4.78, 5) is 26.7. The van der Waals surface area contributed by atoms with Crippen molar-refractivity contribution in [2.24, 2.45) is 22.7 Å². The number of carbonyl (C=O) groups is 1. The Balaban J connectivity index is 1.81. The first-order chi connectivity index (χ1) is 16.2. The average molecular weight is 469 g/mol. The number of rotatable bonds is 9. The Morgan fingerprint density at radius 3 is 2.59 bits per heavy atom. The molecule has 1 saturated carbocycles. The number of nitrogens with zero attached hydrogens (tertiary/aromatic N) is 3. The maximum absolute atomic E-state index is 13.2. The number of ether oxygens (including phenoxy) is 1. The lowest BCUT2D eigenvalue weighted by molar-refractivity contribution is -0.117. The van der Waals surface area contributed by atoms with E-state index in [2.05, 4.69) is 41.3 Å². The molecule has 0 saturated heterocycles. The van der Waals surface area contributed by atoms with Gasteiger partial charge in [0, 0.05) is 18.4 Å². The van der Waals surface area contributed by atoms with Crippen molar-refractivity contribution in [2.75, 3.05) is 11.9 Å². The van der Waals surface area contributed by atoms with Gasteiger partial charge in [0.25, 0.3) is 0 Å². The maximum Gasteiger partial charge on any atom is 0.179 e. The minimum absolute atomic E-state index is 0.000459. The molecule has 34 heavy (non-hydrogen) atoms. The second-order valence-corrected chi connectivity index (χ2v) is 10.1. The summed E-state index contributed by atoms with van der Waals surface area (Å²) in [5, 5.41) is 12.7. The standard InChI is InChI=1S/C27H40N4O3/c1-16(2)34-23-14-17(3)13-18(4)24(23)31-27-25(19(5)28-15-29-27)30-20(6)26(33)22-9-7-21(8-10-22)11-12-32/h13-16,18,21-22,24,32H,7-12H2,1-6H3,(H,28,29,31). The molecule has 0 aliphatic heterocycles. The van der Waals surface area contributed by atoms with Crippen molar-refractivity contribution in [3.63, 3.8) is 0 Å². The molecular formula is C27H40N4O3. The van der Waals surface area contributed by atoms with Crippen molar-refractivity contribution in [3.05, 3.63) is 35.5 Å². The zero-order valence-corrected chi connectivity index (χ0v) is 21.5. The van der Waals surface area contributed by atoms with Gasteiger partial charge in [0.05, 0.1) is 23.6 Å². The number of allylic oxidation sites excluding steroid dienone is 2. The zero-order chi connectivity index (χ0) is 24.8. The summed E-state index contributed by atoms with van der Waals surface area (Å²) in [6, 6.07) is -0.0906. The number of anilines is 1. The van der Waals surface area contributed by atoms with E-state index in [1.54, 1.807) is 6.92 Å². The number of nitrogens with one attached hydrogen (secondary N) is 1. The van der Waals surface area contributed by atoms with E-state index in [1.807, 2.05) is 20.8 Å². The number of Topliss-reactive ketones (excluding diaryl/α,β-unsaturated/α-hetero) is 1. The minimum atomic E-state index is -0.0906. The second-order valence-electron chi connectivity index (χ2n) is 10.1. The first kappa shape index (κ1) is 26.1.